The Morgan fingerprint density at radius 1 is 1.08 bits per heavy atom. The first-order chi connectivity index (χ1) is 11.7. The minimum absolute atomic E-state index is 0.126. The highest BCUT2D eigenvalue weighted by Gasteiger charge is 2.32. The van der Waals surface area contributed by atoms with Crippen LogP contribution >= 0.6 is 11.3 Å². The minimum Gasteiger partial charge on any atom is -0.345 e. The number of aromatic nitrogens is 1. The van der Waals surface area contributed by atoms with E-state index >= 15 is 0 Å². The summed E-state index contributed by atoms with van der Waals surface area (Å²) in [6.07, 6.45) is -2.72. The summed E-state index contributed by atoms with van der Waals surface area (Å²) in [5.41, 5.74) is -0.865. The van der Waals surface area contributed by atoms with E-state index in [1.165, 1.54) is 4.31 Å². The molecule has 2 aromatic rings. The first kappa shape index (κ1) is 18.2. The minimum atomic E-state index is -4.49. The molecule has 1 saturated heterocycles. The lowest BCUT2D eigenvalue weighted by atomic mass is 10.2. The Balaban J connectivity index is 1.71. The van der Waals surface area contributed by atoms with E-state index in [0.717, 1.165) is 34.3 Å². The zero-order valence-electron chi connectivity index (χ0n) is 13.3. The van der Waals surface area contributed by atoms with Crippen LogP contribution in [-0.4, -0.2) is 43.9 Å². The van der Waals surface area contributed by atoms with Gasteiger partial charge in [-0.2, -0.15) is 17.5 Å². The van der Waals surface area contributed by atoms with Crippen LogP contribution in [0.3, 0.4) is 0 Å². The number of thiazole rings is 1. The van der Waals surface area contributed by atoms with Gasteiger partial charge < -0.3 is 4.90 Å². The summed E-state index contributed by atoms with van der Waals surface area (Å²) in [5, 5.41) is 0.851. The predicted molar refractivity (Wildman–Crippen MR) is 89.3 cm³/mol. The first-order valence-corrected chi connectivity index (χ1v) is 9.78. The monoisotopic (exact) mass is 391 g/mol. The summed E-state index contributed by atoms with van der Waals surface area (Å²) in [7, 11) is -3.80. The molecule has 3 rings (SSSR count). The Bertz CT molecular complexity index is 840. The first-order valence-electron chi connectivity index (χ1n) is 7.53. The Kier molecular flexibility index (Phi) is 4.78. The maximum Gasteiger partial charge on any atom is 0.416 e. The summed E-state index contributed by atoms with van der Waals surface area (Å²) in [5.74, 6) is 0. The van der Waals surface area contributed by atoms with Crippen LogP contribution < -0.4 is 4.90 Å². The fraction of sp³-hybridized carbons (Fsp3) is 0.400. The van der Waals surface area contributed by atoms with Crippen molar-refractivity contribution in [2.75, 3.05) is 31.1 Å². The van der Waals surface area contributed by atoms with Crippen molar-refractivity contribution < 1.29 is 21.6 Å². The van der Waals surface area contributed by atoms with Crippen LogP contribution in [0.4, 0.5) is 18.3 Å². The largest absolute Gasteiger partial charge is 0.416 e. The van der Waals surface area contributed by atoms with Gasteiger partial charge >= 0.3 is 6.18 Å². The van der Waals surface area contributed by atoms with Crippen molar-refractivity contribution in [3.63, 3.8) is 0 Å². The van der Waals surface area contributed by atoms with Crippen LogP contribution in [0.5, 0.6) is 0 Å². The van der Waals surface area contributed by atoms with E-state index in [1.807, 2.05) is 11.8 Å². The molecular weight excluding hydrogens is 375 g/mol. The number of alkyl halides is 3. The van der Waals surface area contributed by atoms with Crippen LogP contribution in [0.25, 0.3) is 0 Å². The topological polar surface area (TPSA) is 53.5 Å². The van der Waals surface area contributed by atoms with Gasteiger partial charge in [0.1, 0.15) is 0 Å². The van der Waals surface area contributed by atoms with Crippen molar-refractivity contribution in [1.82, 2.24) is 9.29 Å². The summed E-state index contributed by atoms with van der Waals surface area (Å²) >= 11 is 1.54. The highest BCUT2D eigenvalue weighted by Crippen LogP contribution is 2.30. The Hall–Kier alpha value is -1.65. The third kappa shape index (κ3) is 3.80. The van der Waals surface area contributed by atoms with E-state index in [9.17, 15) is 21.6 Å². The highest BCUT2D eigenvalue weighted by atomic mass is 32.2. The molecule has 0 amide bonds. The number of aryl methyl sites for hydroxylation is 1. The van der Waals surface area contributed by atoms with Gasteiger partial charge in [-0.15, -0.1) is 11.3 Å². The molecule has 0 N–H and O–H groups in total. The molecule has 0 unspecified atom stereocenters. The van der Waals surface area contributed by atoms with Gasteiger partial charge in [-0.05, 0) is 31.2 Å². The number of hydrogen-bond acceptors (Lipinski definition) is 5. The van der Waals surface area contributed by atoms with Gasteiger partial charge in [-0.25, -0.2) is 13.4 Å². The molecule has 1 aliphatic rings. The predicted octanol–water partition coefficient (Wildman–Crippen LogP) is 2.98. The molecule has 5 nitrogen and oxygen atoms in total. The van der Waals surface area contributed by atoms with Gasteiger partial charge in [-0.3, -0.25) is 0 Å². The Morgan fingerprint density at radius 2 is 1.68 bits per heavy atom. The Labute approximate surface area is 147 Å². The van der Waals surface area contributed by atoms with Crippen LogP contribution in [0.15, 0.2) is 35.4 Å². The normalized spacial score (nSPS) is 17.0. The van der Waals surface area contributed by atoms with Crippen molar-refractivity contribution in [2.45, 2.75) is 18.0 Å². The molecule has 0 aliphatic carbocycles. The maximum absolute atomic E-state index is 12.6. The second-order valence-corrected chi connectivity index (χ2v) is 8.82. The second kappa shape index (κ2) is 6.58. The average Bonchev–Trinajstić information content (AvgIpc) is 3.01. The van der Waals surface area contributed by atoms with Gasteiger partial charge in [0.05, 0.1) is 10.5 Å². The van der Waals surface area contributed by atoms with E-state index < -0.39 is 21.8 Å². The molecule has 2 heterocycles. The van der Waals surface area contributed by atoms with Gasteiger partial charge in [0.25, 0.3) is 0 Å². The number of piperazine rings is 1. The molecule has 0 spiro atoms. The summed E-state index contributed by atoms with van der Waals surface area (Å²) in [6, 6.07) is 3.60. The Morgan fingerprint density at radius 3 is 2.16 bits per heavy atom. The lowest BCUT2D eigenvalue weighted by molar-refractivity contribution is -0.137. The van der Waals surface area contributed by atoms with E-state index in [2.05, 4.69) is 4.98 Å². The molecule has 0 atom stereocenters. The molecule has 1 fully saturated rings. The van der Waals surface area contributed by atoms with Gasteiger partial charge in [-0.1, -0.05) is 0 Å². The van der Waals surface area contributed by atoms with E-state index in [1.54, 1.807) is 17.5 Å². The van der Waals surface area contributed by atoms with Crippen LogP contribution in [-0.2, 0) is 16.2 Å². The number of hydrogen-bond donors (Lipinski definition) is 0. The second-order valence-electron chi connectivity index (χ2n) is 5.67. The quantitative estimate of drug-likeness (QED) is 0.807. The average molecular weight is 391 g/mol. The SMILES string of the molecule is Cc1cnc(N2CCN(S(=O)(=O)c3ccc(C(F)(F)F)cc3)CC2)s1. The van der Waals surface area contributed by atoms with Gasteiger partial charge in [0, 0.05) is 37.3 Å². The molecule has 1 aromatic carbocycles. The fourth-order valence-corrected chi connectivity index (χ4v) is 4.81. The maximum atomic E-state index is 12.6. The van der Waals surface area contributed by atoms with Gasteiger partial charge in [0.2, 0.25) is 10.0 Å². The van der Waals surface area contributed by atoms with Crippen molar-refractivity contribution in [3.8, 4) is 0 Å². The van der Waals surface area contributed by atoms with Crippen LogP contribution in [0.2, 0.25) is 0 Å². The zero-order chi connectivity index (χ0) is 18.2. The van der Waals surface area contributed by atoms with Gasteiger partial charge in [0.15, 0.2) is 5.13 Å². The van der Waals surface area contributed by atoms with Crippen molar-refractivity contribution in [3.05, 3.63) is 40.9 Å². The van der Waals surface area contributed by atoms with Crippen LogP contribution in [0.1, 0.15) is 10.4 Å². The number of nitrogens with zero attached hydrogens (tertiary/aromatic N) is 3. The molecule has 10 heteroatoms. The third-order valence-electron chi connectivity index (χ3n) is 3.94. The smallest absolute Gasteiger partial charge is 0.345 e. The standard InChI is InChI=1S/C15H16F3N3O2S2/c1-11-10-19-14(24-11)20-6-8-21(9-7-20)25(22,23)13-4-2-12(3-5-13)15(16,17)18/h2-5,10H,6-9H2,1H3. The van der Waals surface area contributed by atoms with E-state index in [0.29, 0.717) is 13.1 Å². The van der Waals surface area contributed by atoms with Crippen molar-refractivity contribution in [2.24, 2.45) is 0 Å². The molecule has 0 saturated carbocycles. The van der Waals surface area contributed by atoms with Crippen molar-refractivity contribution in [1.29, 1.82) is 0 Å². The number of anilines is 1. The summed E-state index contributed by atoms with van der Waals surface area (Å²) in [4.78, 5) is 7.25. The third-order valence-corrected chi connectivity index (χ3v) is 6.82. The molecule has 1 aliphatic heterocycles. The molecule has 0 radical (unpaired) electrons. The molecule has 136 valence electrons. The molecule has 0 bridgehead atoms. The summed E-state index contributed by atoms with van der Waals surface area (Å²) < 4.78 is 64.3. The fourth-order valence-electron chi connectivity index (χ4n) is 2.57. The van der Waals surface area contributed by atoms with Crippen molar-refractivity contribution >= 4 is 26.5 Å². The summed E-state index contributed by atoms with van der Waals surface area (Å²) in [6.45, 7) is 3.47. The number of rotatable bonds is 3. The number of sulfonamides is 1. The molecular formula is C15H16F3N3O2S2. The number of benzene rings is 1. The molecule has 1 aromatic heterocycles. The molecule has 25 heavy (non-hydrogen) atoms. The van der Waals surface area contributed by atoms with E-state index in [4.69, 9.17) is 0 Å². The van der Waals surface area contributed by atoms with E-state index in [-0.39, 0.29) is 18.0 Å². The lowest BCUT2D eigenvalue weighted by Crippen LogP contribution is -2.48. The van der Waals surface area contributed by atoms with Crippen LogP contribution in [0, 0.1) is 6.92 Å². The highest BCUT2D eigenvalue weighted by molar-refractivity contribution is 7.89. The zero-order valence-corrected chi connectivity index (χ0v) is 15.0. The number of halogens is 3. The lowest BCUT2D eigenvalue weighted by Gasteiger charge is -2.33.